The first kappa shape index (κ1) is 26.9. The number of nitrogens with two attached hydrogens (primary N) is 1. The van der Waals surface area contributed by atoms with Crippen LogP contribution in [0.2, 0.25) is 0 Å². The van der Waals surface area contributed by atoms with Gasteiger partial charge in [-0.05, 0) is 36.5 Å². The van der Waals surface area contributed by atoms with Crippen LogP contribution in [0.1, 0.15) is 47.5 Å². The first-order valence-electron chi connectivity index (χ1n) is 11.1. The van der Waals surface area contributed by atoms with E-state index in [0.717, 1.165) is 31.2 Å². The van der Waals surface area contributed by atoms with Crippen molar-refractivity contribution < 1.29 is 30.8 Å². The summed E-state index contributed by atoms with van der Waals surface area (Å²) in [6.07, 6.45) is -2.25. The smallest absolute Gasteiger partial charge is 0.356 e. The third-order valence-electron chi connectivity index (χ3n) is 6.00. The van der Waals surface area contributed by atoms with Crippen LogP contribution in [0.25, 0.3) is 0 Å². The van der Waals surface area contributed by atoms with Gasteiger partial charge in [0.05, 0.1) is 6.42 Å². The van der Waals surface area contributed by atoms with Gasteiger partial charge in [0.1, 0.15) is 22.7 Å². The second-order valence-electron chi connectivity index (χ2n) is 8.91. The lowest BCUT2D eigenvalue weighted by Gasteiger charge is -2.33. The van der Waals surface area contributed by atoms with Gasteiger partial charge >= 0.3 is 6.18 Å². The summed E-state index contributed by atoms with van der Waals surface area (Å²) in [6.45, 7) is 3.17. The van der Waals surface area contributed by atoms with Gasteiger partial charge in [-0.2, -0.15) is 13.2 Å². The molecule has 0 aliphatic carbocycles. The Kier molecular flexibility index (Phi) is 8.05. The van der Waals surface area contributed by atoms with E-state index in [2.05, 4.69) is 17.2 Å². The van der Waals surface area contributed by atoms with E-state index in [0.29, 0.717) is 30.1 Å². The molecule has 0 bridgehead atoms. The molecular formula is C23H28F4N4O3S. The topological polar surface area (TPSA) is 105 Å². The number of sulfone groups is 1. The van der Waals surface area contributed by atoms with Crippen molar-refractivity contribution in [2.75, 3.05) is 24.2 Å². The molecule has 1 saturated heterocycles. The van der Waals surface area contributed by atoms with Crippen LogP contribution in [0.4, 0.5) is 23.4 Å². The summed E-state index contributed by atoms with van der Waals surface area (Å²) in [5.41, 5.74) is 5.11. The molecule has 1 aromatic heterocycles. The van der Waals surface area contributed by atoms with Gasteiger partial charge in [0.2, 0.25) is 5.91 Å². The number of anilines is 1. The second kappa shape index (κ2) is 10.5. The van der Waals surface area contributed by atoms with Crippen LogP contribution in [-0.4, -0.2) is 38.7 Å². The zero-order chi connectivity index (χ0) is 26.0. The number of rotatable bonds is 7. The number of nitrogens with one attached hydrogen (secondary N) is 1. The summed E-state index contributed by atoms with van der Waals surface area (Å²) >= 11 is 0. The Bertz CT molecular complexity index is 1180. The molecule has 3 rings (SSSR count). The predicted octanol–water partition coefficient (Wildman–Crippen LogP) is 3.34. The first-order valence-corrected chi connectivity index (χ1v) is 13.0. The van der Waals surface area contributed by atoms with E-state index >= 15 is 0 Å². The molecule has 1 amide bonds. The second-order valence-corrected chi connectivity index (χ2v) is 11.1. The molecular weight excluding hydrogens is 488 g/mol. The number of amides is 1. The van der Waals surface area contributed by atoms with Crippen LogP contribution < -0.4 is 16.0 Å². The molecule has 1 aliphatic heterocycles. The number of benzene rings is 1. The Morgan fingerprint density at radius 2 is 1.89 bits per heavy atom. The van der Waals surface area contributed by atoms with Crippen molar-refractivity contribution in [2.24, 2.45) is 11.7 Å². The predicted molar refractivity (Wildman–Crippen MR) is 124 cm³/mol. The maximum absolute atomic E-state index is 14.4. The van der Waals surface area contributed by atoms with Crippen molar-refractivity contribution in [1.82, 2.24) is 10.3 Å². The van der Waals surface area contributed by atoms with Crippen molar-refractivity contribution in [1.29, 1.82) is 0 Å². The molecule has 1 fully saturated rings. The summed E-state index contributed by atoms with van der Waals surface area (Å²) in [4.78, 5) is 18.1. The van der Waals surface area contributed by atoms with Crippen LogP contribution in [0, 0.1) is 11.7 Å². The summed E-state index contributed by atoms with van der Waals surface area (Å²) in [6, 6.07) is 5.86. The fourth-order valence-corrected chi connectivity index (χ4v) is 4.50. The lowest BCUT2D eigenvalue weighted by Crippen LogP contribution is -2.35. The number of pyridine rings is 1. The fourth-order valence-electron chi connectivity index (χ4n) is 3.85. The molecule has 1 atom stereocenters. The van der Waals surface area contributed by atoms with E-state index < -0.39 is 38.8 Å². The van der Waals surface area contributed by atoms with Gasteiger partial charge in [-0.15, -0.1) is 0 Å². The van der Waals surface area contributed by atoms with Crippen molar-refractivity contribution in [3.8, 4) is 0 Å². The van der Waals surface area contributed by atoms with E-state index in [1.807, 2.05) is 0 Å². The highest BCUT2D eigenvalue weighted by atomic mass is 32.2. The Morgan fingerprint density at radius 3 is 2.46 bits per heavy atom. The standard InChI is InChI=1S/C23H28F4N4O3S/c1-14-7-9-31(10-8-14)22-16(4-6-19(30-22)23(25,26)27)13-29-20(32)12-15-3-5-17(18(24)11-15)21(28)35(2,33)34/h3-6,11,14,21H,7-10,12-13,28H2,1-2H3,(H,29,32). The molecule has 2 heterocycles. The minimum atomic E-state index is -4.59. The Hall–Kier alpha value is -2.73. The Morgan fingerprint density at radius 1 is 1.23 bits per heavy atom. The zero-order valence-electron chi connectivity index (χ0n) is 19.4. The first-order chi connectivity index (χ1) is 16.3. The van der Waals surface area contributed by atoms with Gasteiger partial charge in [0.15, 0.2) is 9.84 Å². The Labute approximate surface area is 201 Å². The highest BCUT2D eigenvalue weighted by molar-refractivity contribution is 7.90. The van der Waals surface area contributed by atoms with Gasteiger partial charge in [-0.3, -0.25) is 4.79 Å². The number of hydrogen-bond donors (Lipinski definition) is 2. The summed E-state index contributed by atoms with van der Waals surface area (Å²) in [7, 11) is -3.70. The molecule has 0 saturated carbocycles. The van der Waals surface area contributed by atoms with E-state index in [9.17, 15) is 30.8 Å². The van der Waals surface area contributed by atoms with Crippen LogP contribution in [0.5, 0.6) is 0 Å². The normalized spacial score (nSPS) is 16.3. The summed E-state index contributed by atoms with van der Waals surface area (Å²) in [5.74, 6) is -0.666. The van der Waals surface area contributed by atoms with Crippen molar-refractivity contribution in [2.45, 2.75) is 44.3 Å². The minimum Gasteiger partial charge on any atom is -0.356 e. The van der Waals surface area contributed by atoms with Gasteiger partial charge < -0.3 is 16.0 Å². The van der Waals surface area contributed by atoms with Crippen LogP contribution in [0.15, 0.2) is 30.3 Å². The number of piperidine rings is 1. The number of carbonyl (C=O) groups is 1. The van der Waals surface area contributed by atoms with Crippen LogP contribution in [0.3, 0.4) is 0 Å². The summed E-state index contributed by atoms with van der Waals surface area (Å²) in [5, 5.41) is 1.13. The molecule has 12 heteroatoms. The lowest BCUT2D eigenvalue weighted by molar-refractivity contribution is -0.141. The van der Waals surface area contributed by atoms with Gasteiger partial charge in [0.25, 0.3) is 0 Å². The molecule has 192 valence electrons. The van der Waals surface area contributed by atoms with E-state index in [-0.39, 0.29) is 24.3 Å². The fraction of sp³-hybridized carbons (Fsp3) is 0.478. The van der Waals surface area contributed by atoms with E-state index in [1.54, 1.807) is 4.90 Å². The molecule has 7 nitrogen and oxygen atoms in total. The number of halogens is 4. The highest BCUT2D eigenvalue weighted by Gasteiger charge is 2.34. The highest BCUT2D eigenvalue weighted by Crippen LogP contribution is 2.32. The number of nitrogens with zero attached hydrogens (tertiary/aromatic N) is 2. The van der Waals surface area contributed by atoms with Gasteiger partial charge in [-0.25, -0.2) is 17.8 Å². The van der Waals surface area contributed by atoms with Gasteiger partial charge in [0, 0.05) is 37.0 Å². The molecule has 0 radical (unpaired) electrons. The molecule has 2 aromatic rings. The monoisotopic (exact) mass is 516 g/mol. The van der Waals surface area contributed by atoms with E-state index in [1.165, 1.54) is 18.2 Å². The van der Waals surface area contributed by atoms with Crippen molar-refractivity contribution in [3.05, 3.63) is 58.5 Å². The molecule has 1 aliphatic rings. The molecule has 0 spiro atoms. The zero-order valence-corrected chi connectivity index (χ0v) is 20.2. The van der Waals surface area contributed by atoms with Crippen molar-refractivity contribution in [3.63, 3.8) is 0 Å². The maximum atomic E-state index is 14.4. The van der Waals surface area contributed by atoms with Crippen molar-refractivity contribution >= 4 is 21.6 Å². The quantitative estimate of drug-likeness (QED) is 0.547. The third kappa shape index (κ3) is 6.91. The number of hydrogen-bond acceptors (Lipinski definition) is 6. The molecule has 3 N–H and O–H groups in total. The Balaban J connectivity index is 1.72. The number of alkyl halides is 3. The average Bonchev–Trinajstić information content (AvgIpc) is 2.76. The number of carbonyl (C=O) groups excluding carboxylic acids is 1. The van der Waals surface area contributed by atoms with Gasteiger partial charge in [-0.1, -0.05) is 25.1 Å². The van der Waals surface area contributed by atoms with Crippen LogP contribution >= 0.6 is 0 Å². The average molecular weight is 517 g/mol. The molecule has 35 heavy (non-hydrogen) atoms. The van der Waals surface area contributed by atoms with Crippen LogP contribution in [-0.2, 0) is 33.8 Å². The molecule has 1 unspecified atom stereocenters. The lowest BCUT2D eigenvalue weighted by atomic mass is 9.99. The largest absolute Gasteiger partial charge is 0.433 e. The molecule has 1 aromatic carbocycles. The minimum absolute atomic E-state index is 0.0507. The summed E-state index contributed by atoms with van der Waals surface area (Å²) < 4.78 is 77.2. The number of aromatic nitrogens is 1. The van der Waals surface area contributed by atoms with E-state index in [4.69, 9.17) is 5.73 Å². The SMILES string of the molecule is CC1CCN(c2nc(C(F)(F)F)ccc2CNC(=O)Cc2ccc(C(N)S(C)(=O)=O)c(F)c2)CC1. The maximum Gasteiger partial charge on any atom is 0.433 e. The third-order valence-corrected chi connectivity index (χ3v) is 7.18.